The van der Waals surface area contributed by atoms with Crippen molar-refractivity contribution in [2.75, 3.05) is 20.1 Å². The second-order valence-electron chi connectivity index (χ2n) is 5.35. The van der Waals surface area contributed by atoms with E-state index in [1.54, 1.807) is 16.5 Å². The first-order valence-corrected chi connectivity index (χ1v) is 6.60. The summed E-state index contributed by atoms with van der Waals surface area (Å²) in [7, 11) is 2.18. The van der Waals surface area contributed by atoms with Crippen molar-refractivity contribution in [1.29, 1.82) is 0 Å². The maximum atomic E-state index is 11.7. The van der Waals surface area contributed by atoms with Gasteiger partial charge in [-0.2, -0.15) is 0 Å². The van der Waals surface area contributed by atoms with Crippen LogP contribution in [0.25, 0.3) is 5.65 Å². The molecule has 18 heavy (non-hydrogen) atoms. The van der Waals surface area contributed by atoms with Crippen LogP contribution < -0.4 is 5.56 Å². The topological polar surface area (TPSA) is 40.5 Å². The number of likely N-dealkylation sites (tertiary alicyclic amines) is 1. The van der Waals surface area contributed by atoms with E-state index in [9.17, 15) is 4.79 Å². The fourth-order valence-corrected chi connectivity index (χ4v) is 2.77. The number of aromatic nitrogens is 2. The fourth-order valence-electron chi connectivity index (χ4n) is 2.77. The third-order valence-electron chi connectivity index (χ3n) is 3.91. The third kappa shape index (κ3) is 2.20. The van der Waals surface area contributed by atoms with Crippen LogP contribution in [0.15, 0.2) is 29.2 Å². The maximum Gasteiger partial charge on any atom is 0.256 e. The molecule has 0 bridgehead atoms. The zero-order valence-electron chi connectivity index (χ0n) is 10.7. The average molecular weight is 245 g/mol. The summed E-state index contributed by atoms with van der Waals surface area (Å²) >= 11 is 0. The van der Waals surface area contributed by atoms with Gasteiger partial charge in [-0.25, -0.2) is 0 Å². The van der Waals surface area contributed by atoms with Gasteiger partial charge in [0.05, 0.1) is 0 Å². The first-order chi connectivity index (χ1) is 8.72. The molecule has 0 saturated carbocycles. The molecule has 3 heterocycles. The van der Waals surface area contributed by atoms with E-state index in [1.807, 2.05) is 12.3 Å². The lowest BCUT2D eigenvalue weighted by atomic mass is 9.93. The summed E-state index contributed by atoms with van der Waals surface area (Å²) < 4.78 is 1.70. The second-order valence-corrected chi connectivity index (χ2v) is 5.35. The molecule has 1 aliphatic heterocycles. The summed E-state index contributed by atoms with van der Waals surface area (Å²) in [6.45, 7) is 2.37. The van der Waals surface area contributed by atoms with Gasteiger partial charge in [-0.05, 0) is 51.4 Å². The molecular formula is C14H19N3O. The molecule has 1 aliphatic rings. The zero-order valence-corrected chi connectivity index (χ0v) is 10.7. The molecule has 0 atom stereocenters. The van der Waals surface area contributed by atoms with Gasteiger partial charge >= 0.3 is 0 Å². The molecule has 1 saturated heterocycles. The number of hydrogen-bond acceptors (Lipinski definition) is 2. The van der Waals surface area contributed by atoms with Crippen LogP contribution in [0.3, 0.4) is 0 Å². The molecule has 1 fully saturated rings. The predicted octanol–water partition coefficient (Wildman–Crippen LogP) is 1.51. The lowest BCUT2D eigenvalue weighted by Crippen LogP contribution is -2.30. The number of rotatable bonds is 2. The quantitative estimate of drug-likeness (QED) is 0.871. The van der Waals surface area contributed by atoms with E-state index in [1.165, 1.54) is 31.6 Å². The van der Waals surface area contributed by atoms with Gasteiger partial charge in [0, 0.05) is 18.0 Å². The number of nitrogens with zero attached hydrogens (tertiary/aromatic N) is 2. The summed E-state index contributed by atoms with van der Waals surface area (Å²) in [5.41, 5.74) is 2.11. The van der Waals surface area contributed by atoms with Gasteiger partial charge in [0.15, 0.2) is 0 Å². The Morgan fingerprint density at radius 1 is 1.33 bits per heavy atom. The van der Waals surface area contributed by atoms with E-state index in [0.29, 0.717) is 0 Å². The van der Waals surface area contributed by atoms with Crippen LogP contribution in [-0.4, -0.2) is 34.4 Å². The van der Waals surface area contributed by atoms with Crippen LogP contribution in [0.2, 0.25) is 0 Å². The molecule has 1 N–H and O–H groups in total. The van der Waals surface area contributed by atoms with Gasteiger partial charge < -0.3 is 9.88 Å². The molecule has 0 radical (unpaired) electrons. The van der Waals surface area contributed by atoms with E-state index in [2.05, 4.69) is 16.9 Å². The minimum absolute atomic E-state index is 0.0402. The van der Waals surface area contributed by atoms with Crippen molar-refractivity contribution in [1.82, 2.24) is 14.3 Å². The van der Waals surface area contributed by atoms with E-state index >= 15 is 0 Å². The standard InChI is InChI=1S/C14H19N3O/c1-16-7-5-11(6-8-16)9-12-10-17-13(15-12)3-2-4-14(17)18/h2-4,10-11,15H,5-9H2,1H3. The van der Waals surface area contributed by atoms with Crippen LogP contribution >= 0.6 is 0 Å². The molecular weight excluding hydrogens is 226 g/mol. The number of pyridine rings is 1. The van der Waals surface area contributed by atoms with E-state index in [-0.39, 0.29) is 5.56 Å². The summed E-state index contributed by atoms with van der Waals surface area (Å²) in [5, 5.41) is 0. The molecule has 0 spiro atoms. The Hall–Kier alpha value is -1.55. The monoisotopic (exact) mass is 245 g/mol. The van der Waals surface area contributed by atoms with Crippen LogP contribution in [0.1, 0.15) is 18.5 Å². The smallest absolute Gasteiger partial charge is 0.256 e. The molecule has 0 aromatic carbocycles. The van der Waals surface area contributed by atoms with Crippen molar-refractivity contribution in [3.63, 3.8) is 0 Å². The van der Waals surface area contributed by atoms with Crippen LogP contribution in [-0.2, 0) is 6.42 Å². The lowest BCUT2D eigenvalue weighted by Gasteiger charge is -2.28. The highest BCUT2D eigenvalue weighted by Crippen LogP contribution is 2.20. The molecule has 0 amide bonds. The first-order valence-electron chi connectivity index (χ1n) is 6.60. The Balaban J connectivity index is 1.79. The number of H-pyrrole nitrogens is 1. The van der Waals surface area contributed by atoms with E-state index in [0.717, 1.165) is 18.0 Å². The van der Waals surface area contributed by atoms with Gasteiger partial charge in [0.2, 0.25) is 0 Å². The summed E-state index contributed by atoms with van der Waals surface area (Å²) in [4.78, 5) is 17.4. The van der Waals surface area contributed by atoms with Crippen molar-refractivity contribution in [2.24, 2.45) is 5.92 Å². The van der Waals surface area contributed by atoms with Crippen molar-refractivity contribution < 1.29 is 0 Å². The van der Waals surface area contributed by atoms with Crippen molar-refractivity contribution in [2.45, 2.75) is 19.3 Å². The fraction of sp³-hybridized carbons (Fsp3) is 0.500. The first kappa shape index (κ1) is 11.5. The number of piperidine rings is 1. The Bertz CT molecular complexity index is 590. The molecule has 4 nitrogen and oxygen atoms in total. The highest BCUT2D eigenvalue weighted by Gasteiger charge is 2.17. The number of nitrogens with one attached hydrogen (secondary N) is 1. The van der Waals surface area contributed by atoms with Crippen LogP contribution in [0.4, 0.5) is 0 Å². The Labute approximate surface area is 106 Å². The molecule has 0 unspecified atom stereocenters. The second kappa shape index (κ2) is 4.61. The SMILES string of the molecule is CN1CCC(Cc2cn3c(=O)cccc3[nH]2)CC1. The number of imidazole rings is 1. The minimum Gasteiger partial charge on any atom is -0.343 e. The molecule has 96 valence electrons. The highest BCUT2D eigenvalue weighted by atomic mass is 16.1. The van der Waals surface area contributed by atoms with Gasteiger partial charge in [-0.15, -0.1) is 0 Å². The average Bonchev–Trinajstić information content (AvgIpc) is 2.76. The van der Waals surface area contributed by atoms with Gasteiger partial charge in [0.1, 0.15) is 5.65 Å². The van der Waals surface area contributed by atoms with E-state index in [4.69, 9.17) is 0 Å². The molecule has 2 aromatic rings. The van der Waals surface area contributed by atoms with Crippen molar-refractivity contribution >= 4 is 5.65 Å². The van der Waals surface area contributed by atoms with Crippen molar-refractivity contribution in [3.8, 4) is 0 Å². The number of aromatic amines is 1. The Morgan fingerprint density at radius 2 is 2.11 bits per heavy atom. The summed E-state index contributed by atoms with van der Waals surface area (Å²) in [6.07, 6.45) is 5.51. The molecule has 4 heteroatoms. The predicted molar refractivity (Wildman–Crippen MR) is 71.9 cm³/mol. The number of hydrogen-bond donors (Lipinski definition) is 1. The van der Waals surface area contributed by atoms with E-state index < -0.39 is 0 Å². The lowest BCUT2D eigenvalue weighted by molar-refractivity contribution is 0.218. The zero-order chi connectivity index (χ0) is 12.5. The normalized spacial score (nSPS) is 18.5. The summed E-state index contributed by atoms with van der Waals surface area (Å²) in [5.74, 6) is 0.741. The summed E-state index contributed by atoms with van der Waals surface area (Å²) in [6, 6.07) is 5.34. The van der Waals surface area contributed by atoms with Crippen LogP contribution in [0, 0.1) is 5.92 Å². The Kier molecular flexibility index (Phi) is 2.96. The third-order valence-corrected chi connectivity index (χ3v) is 3.91. The largest absolute Gasteiger partial charge is 0.343 e. The Morgan fingerprint density at radius 3 is 2.83 bits per heavy atom. The minimum atomic E-state index is 0.0402. The maximum absolute atomic E-state index is 11.7. The molecule has 0 aliphatic carbocycles. The van der Waals surface area contributed by atoms with Crippen LogP contribution in [0.5, 0.6) is 0 Å². The van der Waals surface area contributed by atoms with Gasteiger partial charge in [0.25, 0.3) is 5.56 Å². The highest BCUT2D eigenvalue weighted by molar-refractivity contribution is 5.39. The van der Waals surface area contributed by atoms with Gasteiger partial charge in [-0.3, -0.25) is 9.20 Å². The van der Waals surface area contributed by atoms with Crippen molar-refractivity contribution in [3.05, 3.63) is 40.4 Å². The molecule has 2 aromatic heterocycles. The van der Waals surface area contributed by atoms with Gasteiger partial charge in [-0.1, -0.05) is 6.07 Å². The number of fused-ring (bicyclic) bond motifs is 1. The molecule has 3 rings (SSSR count).